The van der Waals surface area contributed by atoms with Gasteiger partial charge in [0.25, 0.3) is 0 Å². The van der Waals surface area contributed by atoms with Crippen molar-refractivity contribution in [2.75, 3.05) is 0 Å². The van der Waals surface area contributed by atoms with Gasteiger partial charge in [0.1, 0.15) is 5.58 Å². The molecule has 3 heterocycles. The molecular formula is C21H15F3N2O3. The average Bonchev–Trinajstić information content (AvgIpc) is 3.37. The number of halogens is 3. The van der Waals surface area contributed by atoms with Gasteiger partial charge in [0.15, 0.2) is 5.79 Å². The van der Waals surface area contributed by atoms with E-state index in [2.05, 4.69) is 4.98 Å². The maximum atomic E-state index is 13.7. The van der Waals surface area contributed by atoms with Gasteiger partial charge in [0.2, 0.25) is 0 Å². The molecule has 0 aliphatic carbocycles. The SMILES string of the molecule is OC(O)(CC1c2ccccc2-c2cncn21)c1cc2ccoc2cc1C(F)(F)F. The molecule has 0 fully saturated rings. The molecule has 29 heavy (non-hydrogen) atoms. The van der Waals surface area contributed by atoms with Crippen LogP contribution in [0.15, 0.2) is 65.7 Å². The topological polar surface area (TPSA) is 71.4 Å². The first-order chi connectivity index (χ1) is 13.8. The summed E-state index contributed by atoms with van der Waals surface area (Å²) in [6, 6.07) is 10.2. The third-order valence-electron chi connectivity index (χ3n) is 5.40. The van der Waals surface area contributed by atoms with E-state index in [1.165, 1.54) is 12.3 Å². The van der Waals surface area contributed by atoms with Gasteiger partial charge in [-0.3, -0.25) is 0 Å². The Kier molecular flexibility index (Phi) is 3.68. The Balaban J connectivity index is 1.63. The third kappa shape index (κ3) is 2.75. The van der Waals surface area contributed by atoms with Crippen LogP contribution >= 0.6 is 0 Å². The van der Waals surface area contributed by atoms with E-state index >= 15 is 0 Å². The summed E-state index contributed by atoms with van der Waals surface area (Å²) < 4.78 is 47.8. The molecule has 0 amide bonds. The number of imidazole rings is 1. The fraction of sp³-hybridized carbons (Fsp3) is 0.190. The predicted octanol–water partition coefficient (Wildman–Crippen LogP) is 4.45. The summed E-state index contributed by atoms with van der Waals surface area (Å²) in [5, 5.41) is 22.1. The zero-order valence-corrected chi connectivity index (χ0v) is 14.9. The fourth-order valence-electron chi connectivity index (χ4n) is 4.10. The standard InChI is InChI=1S/C21H15F3N2O3/c22-21(23,24)16-8-19-12(5-6-29-19)7-15(16)20(27,28)9-17-13-3-1-2-4-14(13)18-10-25-11-26(17)18/h1-8,10-11,17,27-28H,9H2. The highest BCUT2D eigenvalue weighted by Gasteiger charge is 2.43. The predicted molar refractivity (Wildman–Crippen MR) is 97.8 cm³/mol. The molecule has 2 N–H and O–H groups in total. The zero-order valence-electron chi connectivity index (χ0n) is 14.9. The second-order valence-corrected chi connectivity index (χ2v) is 7.16. The summed E-state index contributed by atoms with van der Waals surface area (Å²) >= 11 is 0. The van der Waals surface area contributed by atoms with Crippen molar-refractivity contribution in [3.8, 4) is 11.3 Å². The number of nitrogens with zero attached hydrogens (tertiary/aromatic N) is 2. The van der Waals surface area contributed by atoms with E-state index in [1.54, 1.807) is 23.2 Å². The lowest BCUT2D eigenvalue weighted by Gasteiger charge is -2.29. The van der Waals surface area contributed by atoms with Crippen LogP contribution in [0.2, 0.25) is 0 Å². The van der Waals surface area contributed by atoms with Crippen molar-refractivity contribution in [3.63, 3.8) is 0 Å². The minimum atomic E-state index is -4.78. The highest BCUT2D eigenvalue weighted by Crippen LogP contribution is 2.46. The van der Waals surface area contributed by atoms with E-state index in [0.29, 0.717) is 5.39 Å². The summed E-state index contributed by atoms with van der Waals surface area (Å²) in [7, 11) is 0. The molecule has 1 atom stereocenters. The summed E-state index contributed by atoms with van der Waals surface area (Å²) in [5.74, 6) is -2.74. The van der Waals surface area contributed by atoms with E-state index in [-0.39, 0.29) is 12.0 Å². The number of aliphatic hydroxyl groups is 2. The summed E-state index contributed by atoms with van der Waals surface area (Å²) in [5.41, 5.74) is 0.734. The fourth-order valence-corrected chi connectivity index (χ4v) is 4.10. The molecular weight excluding hydrogens is 385 g/mol. The number of aromatic nitrogens is 2. The highest BCUT2D eigenvalue weighted by molar-refractivity contribution is 5.79. The Bertz CT molecular complexity index is 1220. The summed E-state index contributed by atoms with van der Waals surface area (Å²) in [4.78, 5) is 4.09. The number of hydrogen-bond donors (Lipinski definition) is 2. The molecule has 0 saturated heterocycles. The lowest BCUT2D eigenvalue weighted by Crippen LogP contribution is -2.31. The largest absolute Gasteiger partial charge is 0.464 e. The van der Waals surface area contributed by atoms with Gasteiger partial charge in [-0.25, -0.2) is 4.98 Å². The molecule has 4 aromatic rings. The molecule has 0 saturated carbocycles. The Morgan fingerprint density at radius 3 is 2.66 bits per heavy atom. The molecule has 2 aromatic carbocycles. The number of fused-ring (bicyclic) bond motifs is 4. The molecule has 5 nitrogen and oxygen atoms in total. The first-order valence-electron chi connectivity index (χ1n) is 8.90. The van der Waals surface area contributed by atoms with Gasteiger partial charge in [-0.1, -0.05) is 24.3 Å². The molecule has 148 valence electrons. The molecule has 1 aliphatic heterocycles. The lowest BCUT2D eigenvalue weighted by molar-refractivity contribution is -0.189. The second kappa shape index (κ2) is 5.95. The first-order valence-corrected chi connectivity index (χ1v) is 8.90. The van der Waals surface area contributed by atoms with Gasteiger partial charge in [-0.2, -0.15) is 13.2 Å². The molecule has 1 aliphatic rings. The Morgan fingerprint density at radius 1 is 1.07 bits per heavy atom. The van der Waals surface area contributed by atoms with E-state index in [9.17, 15) is 23.4 Å². The van der Waals surface area contributed by atoms with Crippen LogP contribution in [0.4, 0.5) is 13.2 Å². The normalized spacial score (nSPS) is 16.2. The third-order valence-corrected chi connectivity index (χ3v) is 5.40. The van der Waals surface area contributed by atoms with Crippen LogP contribution in [0.5, 0.6) is 0 Å². The van der Waals surface area contributed by atoms with Crippen LogP contribution in [0, 0.1) is 0 Å². The Labute approximate surface area is 162 Å². The van der Waals surface area contributed by atoms with Crippen molar-refractivity contribution >= 4 is 11.0 Å². The van der Waals surface area contributed by atoms with Crippen LogP contribution < -0.4 is 0 Å². The monoisotopic (exact) mass is 400 g/mol. The van der Waals surface area contributed by atoms with E-state index in [1.807, 2.05) is 18.2 Å². The molecule has 5 rings (SSSR count). The molecule has 8 heteroatoms. The van der Waals surface area contributed by atoms with Crippen molar-refractivity contribution in [1.82, 2.24) is 9.55 Å². The number of hydrogen-bond acceptors (Lipinski definition) is 4. The smallest absolute Gasteiger partial charge is 0.417 e. The molecule has 2 aromatic heterocycles. The van der Waals surface area contributed by atoms with Crippen molar-refractivity contribution in [2.45, 2.75) is 24.4 Å². The van der Waals surface area contributed by atoms with Crippen molar-refractivity contribution in [1.29, 1.82) is 0 Å². The molecule has 0 radical (unpaired) electrons. The molecule has 1 unspecified atom stereocenters. The quantitative estimate of drug-likeness (QED) is 0.499. The van der Waals surface area contributed by atoms with Crippen LogP contribution in [0.3, 0.4) is 0 Å². The number of furan rings is 1. The Hall–Kier alpha value is -3.10. The average molecular weight is 400 g/mol. The lowest BCUT2D eigenvalue weighted by atomic mass is 9.90. The van der Waals surface area contributed by atoms with Crippen molar-refractivity contribution in [3.05, 3.63) is 77.9 Å². The van der Waals surface area contributed by atoms with Gasteiger partial charge in [-0.15, -0.1) is 0 Å². The molecule has 0 spiro atoms. The first kappa shape index (κ1) is 18.0. The zero-order chi connectivity index (χ0) is 20.4. The van der Waals surface area contributed by atoms with Gasteiger partial charge >= 0.3 is 6.18 Å². The minimum absolute atomic E-state index is 0.0278. The maximum Gasteiger partial charge on any atom is 0.417 e. The van der Waals surface area contributed by atoms with Gasteiger partial charge < -0.3 is 19.2 Å². The number of alkyl halides is 3. The minimum Gasteiger partial charge on any atom is -0.464 e. The summed E-state index contributed by atoms with van der Waals surface area (Å²) in [6.45, 7) is 0. The van der Waals surface area contributed by atoms with Crippen LogP contribution in [0.1, 0.15) is 29.2 Å². The van der Waals surface area contributed by atoms with Crippen LogP contribution in [-0.2, 0) is 12.0 Å². The van der Waals surface area contributed by atoms with Crippen molar-refractivity contribution in [2.24, 2.45) is 0 Å². The number of benzene rings is 2. The molecule has 0 bridgehead atoms. The highest BCUT2D eigenvalue weighted by atomic mass is 19.4. The maximum absolute atomic E-state index is 13.7. The van der Waals surface area contributed by atoms with Crippen LogP contribution in [0.25, 0.3) is 22.2 Å². The van der Waals surface area contributed by atoms with E-state index < -0.39 is 29.1 Å². The van der Waals surface area contributed by atoms with Gasteiger partial charge in [-0.05, 0) is 23.8 Å². The van der Waals surface area contributed by atoms with Gasteiger partial charge in [0, 0.05) is 22.9 Å². The van der Waals surface area contributed by atoms with Crippen molar-refractivity contribution < 1.29 is 27.8 Å². The second-order valence-electron chi connectivity index (χ2n) is 7.16. The number of rotatable bonds is 3. The van der Waals surface area contributed by atoms with E-state index in [0.717, 1.165) is 29.0 Å². The van der Waals surface area contributed by atoms with Crippen LogP contribution in [-0.4, -0.2) is 19.8 Å². The Morgan fingerprint density at radius 2 is 1.86 bits per heavy atom. The summed E-state index contributed by atoms with van der Waals surface area (Å²) in [6.07, 6.45) is -0.704. The van der Waals surface area contributed by atoms with E-state index in [4.69, 9.17) is 4.42 Å². The van der Waals surface area contributed by atoms with Gasteiger partial charge in [0.05, 0.1) is 36.1 Å².